The van der Waals surface area contributed by atoms with Crippen LogP contribution in [0.5, 0.6) is 0 Å². The summed E-state index contributed by atoms with van der Waals surface area (Å²) in [7, 11) is 3.97. The van der Waals surface area contributed by atoms with Gasteiger partial charge in [-0.15, -0.1) is 0 Å². The standard InChI is InChI=1S/C21H23ClN2O3S/c1-13(11-23(3)4)12-27-21(26)24-17-9-15(14(2)25)5-7-19(17)28-20-8-6-16(22)10-18(20)24/h5-10,13H,11-12H2,1-4H3. The molecule has 1 aliphatic rings. The Hall–Kier alpha value is -2.02. The Morgan fingerprint density at radius 1 is 1.14 bits per heavy atom. The molecule has 0 aromatic heterocycles. The summed E-state index contributed by atoms with van der Waals surface area (Å²) < 4.78 is 5.62. The predicted molar refractivity (Wildman–Crippen MR) is 113 cm³/mol. The number of ether oxygens (including phenoxy) is 1. The third kappa shape index (κ3) is 4.51. The van der Waals surface area contributed by atoms with E-state index in [1.165, 1.54) is 23.6 Å². The Kier molecular flexibility index (Phi) is 6.33. The monoisotopic (exact) mass is 418 g/mol. The third-order valence-corrected chi connectivity index (χ3v) is 5.70. The quantitative estimate of drug-likeness (QED) is 0.602. The minimum atomic E-state index is -0.476. The molecule has 0 saturated heterocycles. The van der Waals surface area contributed by atoms with Gasteiger partial charge < -0.3 is 9.64 Å². The van der Waals surface area contributed by atoms with Crippen molar-refractivity contribution in [3.63, 3.8) is 0 Å². The van der Waals surface area contributed by atoms with Crippen LogP contribution in [0.15, 0.2) is 46.2 Å². The zero-order chi connectivity index (χ0) is 20.4. The van der Waals surface area contributed by atoms with Crippen LogP contribution in [0.2, 0.25) is 5.02 Å². The van der Waals surface area contributed by atoms with Crippen molar-refractivity contribution in [2.24, 2.45) is 5.92 Å². The topological polar surface area (TPSA) is 49.9 Å². The van der Waals surface area contributed by atoms with E-state index < -0.39 is 6.09 Å². The average Bonchev–Trinajstić information content (AvgIpc) is 2.63. The number of fused-ring (bicyclic) bond motifs is 2. The summed E-state index contributed by atoms with van der Waals surface area (Å²) in [6.07, 6.45) is -0.476. The molecule has 3 rings (SSSR count). The lowest BCUT2D eigenvalue weighted by atomic mass is 10.1. The van der Waals surface area contributed by atoms with E-state index in [1.807, 2.05) is 33.2 Å². The number of Topliss-reactive ketones (excluding diaryl/α,β-unsaturated/α-hetero) is 1. The van der Waals surface area contributed by atoms with Crippen LogP contribution in [0.1, 0.15) is 24.2 Å². The number of amides is 1. The lowest BCUT2D eigenvalue weighted by Crippen LogP contribution is -2.32. The van der Waals surface area contributed by atoms with Gasteiger partial charge in [-0.2, -0.15) is 0 Å². The number of rotatable bonds is 5. The highest BCUT2D eigenvalue weighted by Crippen LogP contribution is 2.49. The van der Waals surface area contributed by atoms with Crippen LogP contribution in [-0.4, -0.2) is 44.0 Å². The molecular weight excluding hydrogens is 396 g/mol. The molecule has 1 aliphatic heterocycles. The molecule has 0 spiro atoms. The van der Waals surface area contributed by atoms with Gasteiger partial charge in [0.15, 0.2) is 5.78 Å². The number of carbonyl (C=O) groups excluding carboxylic acids is 2. The molecule has 0 saturated carbocycles. The molecule has 2 aromatic rings. The van der Waals surface area contributed by atoms with Gasteiger partial charge in [0.25, 0.3) is 0 Å². The summed E-state index contributed by atoms with van der Waals surface area (Å²) in [5.74, 6) is 0.137. The smallest absolute Gasteiger partial charge is 0.419 e. The van der Waals surface area contributed by atoms with Gasteiger partial charge in [0, 0.05) is 32.8 Å². The van der Waals surface area contributed by atoms with E-state index >= 15 is 0 Å². The van der Waals surface area contributed by atoms with Crippen LogP contribution in [0.25, 0.3) is 0 Å². The zero-order valence-electron chi connectivity index (χ0n) is 16.4. The fraction of sp³-hybridized carbons (Fsp3) is 0.333. The molecule has 28 heavy (non-hydrogen) atoms. The number of carbonyl (C=O) groups is 2. The molecule has 1 amide bonds. The summed E-state index contributed by atoms with van der Waals surface area (Å²) in [5, 5.41) is 0.532. The molecule has 0 aliphatic carbocycles. The highest BCUT2D eigenvalue weighted by molar-refractivity contribution is 7.99. The molecule has 0 bridgehead atoms. The fourth-order valence-electron chi connectivity index (χ4n) is 3.15. The van der Waals surface area contributed by atoms with E-state index in [1.54, 1.807) is 24.3 Å². The number of ketones is 1. The summed E-state index contributed by atoms with van der Waals surface area (Å²) >= 11 is 7.73. The largest absolute Gasteiger partial charge is 0.449 e. The number of benzene rings is 2. The first kappa shape index (κ1) is 20.7. The number of hydrogen-bond donors (Lipinski definition) is 0. The third-order valence-electron chi connectivity index (χ3n) is 4.34. The minimum absolute atomic E-state index is 0.0578. The number of anilines is 2. The summed E-state index contributed by atoms with van der Waals surface area (Å²) in [6, 6.07) is 10.8. The Balaban J connectivity index is 1.96. The Labute approximate surface area is 174 Å². The van der Waals surface area contributed by atoms with E-state index in [4.69, 9.17) is 16.3 Å². The number of halogens is 1. The van der Waals surface area contributed by atoms with Gasteiger partial charge in [-0.05, 0) is 51.4 Å². The summed E-state index contributed by atoms with van der Waals surface area (Å²) in [5.41, 5.74) is 1.84. The first-order valence-corrected chi connectivity index (χ1v) is 10.2. The number of hydrogen-bond acceptors (Lipinski definition) is 5. The van der Waals surface area contributed by atoms with Crippen LogP contribution in [0.4, 0.5) is 16.2 Å². The maximum atomic E-state index is 13.1. The molecule has 0 fully saturated rings. The van der Waals surface area contributed by atoms with Gasteiger partial charge in [-0.3, -0.25) is 4.79 Å². The molecule has 1 atom stereocenters. The maximum Gasteiger partial charge on any atom is 0.419 e. The SMILES string of the molecule is CC(=O)c1ccc2c(c1)N(C(=O)OCC(C)CN(C)C)c1cc(Cl)ccc1S2. The molecular formula is C21H23ClN2O3S. The molecule has 2 aromatic carbocycles. The molecule has 148 valence electrons. The molecule has 5 nitrogen and oxygen atoms in total. The highest BCUT2D eigenvalue weighted by atomic mass is 35.5. The van der Waals surface area contributed by atoms with Gasteiger partial charge in [-0.1, -0.05) is 36.4 Å². The van der Waals surface area contributed by atoms with Crippen LogP contribution < -0.4 is 4.90 Å². The van der Waals surface area contributed by atoms with Crippen LogP contribution in [0.3, 0.4) is 0 Å². The van der Waals surface area contributed by atoms with E-state index in [0.717, 1.165) is 16.3 Å². The number of nitrogens with zero attached hydrogens (tertiary/aromatic N) is 2. The Morgan fingerprint density at radius 2 is 1.79 bits per heavy atom. The van der Waals surface area contributed by atoms with Crippen LogP contribution in [-0.2, 0) is 4.74 Å². The zero-order valence-corrected chi connectivity index (χ0v) is 17.9. The molecule has 1 unspecified atom stereocenters. The lowest BCUT2D eigenvalue weighted by Gasteiger charge is -2.31. The Morgan fingerprint density at radius 3 is 2.43 bits per heavy atom. The van der Waals surface area contributed by atoms with E-state index in [9.17, 15) is 9.59 Å². The van der Waals surface area contributed by atoms with Crippen molar-refractivity contribution in [2.75, 3.05) is 32.1 Å². The van der Waals surface area contributed by atoms with Crippen molar-refractivity contribution in [3.05, 3.63) is 47.0 Å². The Bertz CT molecular complexity index is 917. The molecule has 0 N–H and O–H groups in total. The molecule has 0 radical (unpaired) electrons. The second kappa shape index (κ2) is 8.55. The second-order valence-corrected chi connectivity index (χ2v) is 8.75. The first-order valence-electron chi connectivity index (χ1n) is 9.00. The van der Waals surface area contributed by atoms with Crippen molar-refractivity contribution in [1.82, 2.24) is 4.90 Å². The molecule has 7 heteroatoms. The normalized spacial score (nSPS) is 13.7. The summed E-state index contributed by atoms with van der Waals surface area (Å²) in [6.45, 7) is 4.66. The van der Waals surface area contributed by atoms with Gasteiger partial charge in [0.05, 0.1) is 18.0 Å². The average molecular weight is 419 g/mol. The van der Waals surface area contributed by atoms with Crippen LogP contribution >= 0.6 is 23.4 Å². The van der Waals surface area contributed by atoms with Gasteiger partial charge in [-0.25, -0.2) is 9.69 Å². The minimum Gasteiger partial charge on any atom is -0.449 e. The lowest BCUT2D eigenvalue weighted by molar-refractivity contribution is 0.101. The van der Waals surface area contributed by atoms with E-state index in [-0.39, 0.29) is 11.7 Å². The predicted octanol–water partition coefficient (Wildman–Crippen LogP) is 5.48. The van der Waals surface area contributed by atoms with Gasteiger partial charge >= 0.3 is 6.09 Å². The van der Waals surface area contributed by atoms with Crippen molar-refractivity contribution in [2.45, 2.75) is 23.6 Å². The van der Waals surface area contributed by atoms with Gasteiger partial charge in [0.2, 0.25) is 0 Å². The van der Waals surface area contributed by atoms with Crippen molar-refractivity contribution >= 4 is 46.6 Å². The van der Waals surface area contributed by atoms with Gasteiger partial charge in [0.1, 0.15) is 0 Å². The van der Waals surface area contributed by atoms with Crippen LogP contribution in [0, 0.1) is 5.92 Å². The first-order chi connectivity index (χ1) is 13.3. The van der Waals surface area contributed by atoms with Crippen molar-refractivity contribution < 1.29 is 14.3 Å². The van der Waals surface area contributed by atoms with Crippen molar-refractivity contribution in [1.29, 1.82) is 0 Å². The second-order valence-electron chi connectivity index (χ2n) is 7.23. The fourth-order valence-corrected chi connectivity index (χ4v) is 4.33. The van der Waals surface area contributed by atoms with E-state index in [0.29, 0.717) is 28.6 Å². The molecule has 1 heterocycles. The summed E-state index contributed by atoms with van der Waals surface area (Å²) in [4.78, 5) is 30.3. The van der Waals surface area contributed by atoms with E-state index in [2.05, 4.69) is 4.90 Å². The highest BCUT2D eigenvalue weighted by Gasteiger charge is 2.30. The van der Waals surface area contributed by atoms with Crippen molar-refractivity contribution in [3.8, 4) is 0 Å². The maximum absolute atomic E-state index is 13.1.